The predicted octanol–water partition coefficient (Wildman–Crippen LogP) is 3.67. The summed E-state index contributed by atoms with van der Waals surface area (Å²) in [6, 6.07) is 13.6. The lowest BCUT2D eigenvalue weighted by Crippen LogP contribution is -2.25. The largest absolute Gasteiger partial charge is 0.424 e. The van der Waals surface area contributed by atoms with Gasteiger partial charge in [-0.25, -0.2) is 23.1 Å². The molecule has 0 spiro atoms. The summed E-state index contributed by atoms with van der Waals surface area (Å²) in [5.74, 6) is 0.258. The molecule has 1 aliphatic carbocycles. The fraction of sp³-hybridized carbons (Fsp3) is 0.174. The summed E-state index contributed by atoms with van der Waals surface area (Å²) < 4.78 is 32.7. The zero-order valence-corrected chi connectivity index (χ0v) is 18.2. The Bertz CT molecular complexity index is 1240. The van der Waals surface area contributed by atoms with Crippen LogP contribution in [0.2, 0.25) is 0 Å². The van der Waals surface area contributed by atoms with Crippen molar-refractivity contribution in [2.24, 2.45) is 0 Å². The molecule has 0 aliphatic heterocycles. The lowest BCUT2D eigenvalue weighted by Gasteiger charge is -2.09. The average molecular weight is 451 g/mol. The van der Waals surface area contributed by atoms with Crippen LogP contribution in [0.25, 0.3) is 6.08 Å². The van der Waals surface area contributed by atoms with Crippen LogP contribution in [0.1, 0.15) is 24.0 Å². The highest BCUT2D eigenvalue weighted by atomic mass is 32.2. The molecular formula is C23H22N4O4S. The molecule has 9 heteroatoms. The van der Waals surface area contributed by atoms with Gasteiger partial charge in [-0.2, -0.15) is 0 Å². The van der Waals surface area contributed by atoms with Crippen molar-refractivity contribution in [3.05, 3.63) is 78.1 Å². The van der Waals surface area contributed by atoms with Gasteiger partial charge < -0.3 is 10.1 Å². The number of hydrogen-bond donors (Lipinski definition) is 2. The first-order valence-corrected chi connectivity index (χ1v) is 11.5. The molecule has 1 heterocycles. The molecule has 8 nitrogen and oxygen atoms in total. The molecule has 1 aromatic heterocycles. The van der Waals surface area contributed by atoms with E-state index in [4.69, 9.17) is 4.74 Å². The number of aromatic nitrogens is 2. The highest BCUT2D eigenvalue weighted by Gasteiger charge is 2.27. The standard InChI is InChI=1S/C23H22N4O4S/c1-16-15-19(31-23-24-13-2-14-25-23)8-11-21(16)26-22(28)12-5-17-3-9-20(10-4-17)32(29,30)27-18-6-7-18/h2-5,8-15,18,27H,6-7H2,1H3,(H,26,28)/b12-5+. The second-order valence-corrected chi connectivity index (χ2v) is 9.11. The lowest BCUT2D eigenvalue weighted by molar-refractivity contribution is -0.111. The number of hydrogen-bond acceptors (Lipinski definition) is 6. The van der Waals surface area contributed by atoms with Gasteiger partial charge in [0.15, 0.2) is 0 Å². The minimum atomic E-state index is -3.49. The molecule has 1 fully saturated rings. The van der Waals surface area contributed by atoms with Gasteiger partial charge in [-0.3, -0.25) is 4.79 Å². The molecule has 0 saturated heterocycles. The van der Waals surface area contributed by atoms with Gasteiger partial charge in [-0.1, -0.05) is 12.1 Å². The van der Waals surface area contributed by atoms with E-state index >= 15 is 0 Å². The van der Waals surface area contributed by atoms with E-state index in [0.717, 1.165) is 18.4 Å². The lowest BCUT2D eigenvalue weighted by atomic mass is 10.2. The van der Waals surface area contributed by atoms with Crippen molar-refractivity contribution in [2.75, 3.05) is 5.32 Å². The van der Waals surface area contributed by atoms with E-state index < -0.39 is 10.0 Å². The van der Waals surface area contributed by atoms with Crippen LogP contribution in [0.15, 0.2) is 71.9 Å². The maximum absolute atomic E-state index is 12.3. The second kappa shape index (κ2) is 9.29. The zero-order chi connectivity index (χ0) is 22.6. The first-order valence-electron chi connectivity index (χ1n) is 10.1. The summed E-state index contributed by atoms with van der Waals surface area (Å²) >= 11 is 0. The fourth-order valence-corrected chi connectivity index (χ4v) is 4.18. The number of carbonyl (C=O) groups excluding carboxylic acids is 1. The van der Waals surface area contributed by atoms with Gasteiger partial charge in [0.05, 0.1) is 4.90 Å². The second-order valence-electron chi connectivity index (χ2n) is 7.40. The number of aryl methyl sites for hydroxylation is 1. The summed E-state index contributed by atoms with van der Waals surface area (Å²) in [7, 11) is -3.49. The van der Waals surface area contributed by atoms with Gasteiger partial charge >= 0.3 is 6.01 Å². The number of nitrogens with zero attached hydrogens (tertiary/aromatic N) is 2. The van der Waals surface area contributed by atoms with Crippen molar-refractivity contribution in [1.82, 2.24) is 14.7 Å². The highest BCUT2D eigenvalue weighted by molar-refractivity contribution is 7.89. The molecule has 164 valence electrons. The zero-order valence-electron chi connectivity index (χ0n) is 17.4. The third-order valence-electron chi connectivity index (χ3n) is 4.72. The van der Waals surface area contributed by atoms with Crippen molar-refractivity contribution in [1.29, 1.82) is 0 Å². The molecule has 0 atom stereocenters. The molecule has 0 radical (unpaired) electrons. The van der Waals surface area contributed by atoms with E-state index in [1.165, 1.54) is 18.2 Å². The third kappa shape index (κ3) is 5.77. The van der Waals surface area contributed by atoms with E-state index in [1.54, 1.807) is 54.9 Å². The minimum Gasteiger partial charge on any atom is -0.424 e. The summed E-state index contributed by atoms with van der Waals surface area (Å²) in [6.45, 7) is 1.85. The van der Waals surface area contributed by atoms with Crippen LogP contribution in [0.5, 0.6) is 11.8 Å². The fourth-order valence-electron chi connectivity index (χ4n) is 2.88. The summed E-state index contributed by atoms with van der Waals surface area (Å²) in [6.07, 6.45) is 7.96. The van der Waals surface area contributed by atoms with Crippen molar-refractivity contribution < 1.29 is 17.9 Å². The van der Waals surface area contributed by atoms with Crippen LogP contribution < -0.4 is 14.8 Å². The normalized spacial score (nSPS) is 13.8. The van der Waals surface area contributed by atoms with Gasteiger partial charge in [0.1, 0.15) is 5.75 Å². The molecule has 3 aromatic rings. The molecule has 2 aromatic carbocycles. The predicted molar refractivity (Wildman–Crippen MR) is 121 cm³/mol. The van der Waals surface area contributed by atoms with Crippen LogP contribution >= 0.6 is 0 Å². The summed E-state index contributed by atoms with van der Waals surface area (Å²) in [5.41, 5.74) is 2.18. The van der Waals surface area contributed by atoms with Gasteiger partial charge in [-0.05, 0) is 73.4 Å². The van der Waals surface area contributed by atoms with Crippen molar-refractivity contribution >= 4 is 27.7 Å². The Morgan fingerprint density at radius 3 is 2.47 bits per heavy atom. The van der Waals surface area contributed by atoms with E-state index in [2.05, 4.69) is 20.0 Å². The van der Waals surface area contributed by atoms with E-state index in [-0.39, 0.29) is 22.9 Å². The van der Waals surface area contributed by atoms with Crippen molar-refractivity contribution in [3.63, 3.8) is 0 Å². The van der Waals surface area contributed by atoms with E-state index in [9.17, 15) is 13.2 Å². The third-order valence-corrected chi connectivity index (χ3v) is 6.26. The van der Waals surface area contributed by atoms with Crippen LogP contribution in [0.4, 0.5) is 5.69 Å². The number of sulfonamides is 1. The van der Waals surface area contributed by atoms with Gasteiger partial charge in [0, 0.05) is 30.2 Å². The monoisotopic (exact) mass is 450 g/mol. The number of nitrogens with one attached hydrogen (secondary N) is 2. The Morgan fingerprint density at radius 1 is 1.09 bits per heavy atom. The molecule has 1 saturated carbocycles. The van der Waals surface area contributed by atoms with Crippen molar-refractivity contribution in [3.8, 4) is 11.8 Å². The Kier molecular flexibility index (Phi) is 6.29. The quantitative estimate of drug-likeness (QED) is 0.507. The molecule has 0 bridgehead atoms. The Labute approximate surface area is 186 Å². The number of amides is 1. The molecule has 1 aliphatic rings. The molecule has 2 N–H and O–H groups in total. The number of carbonyl (C=O) groups is 1. The van der Waals surface area contributed by atoms with Crippen LogP contribution in [0, 0.1) is 6.92 Å². The molecule has 32 heavy (non-hydrogen) atoms. The number of benzene rings is 2. The Balaban J connectivity index is 1.35. The van der Waals surface area contributed by atoms with Crippen molar-refractivity contribution in [2.45, 2.75) is 30.7 Å². The van der Waals surface area contributed by atoms with Gasteiger partial charge in [0.2, 0.25) is 15.9 Å². The molecule has 1 amide bonds. The topological polar surface area (TPSA) is 110 Å². The van der Waals surface area contributed by atoms with E-state index in [1.807, 2.05) is 6.92 Å². The molecular weight excluding hydrogens is 428 g/mol. The van der Waals surface area contributed by atoms with Gasteiger partial charge in [-0.15, -0.1) is 0 Å². The SMILES string of the molecule is Cc1cc(Oc2ncccn2)ccc1NC(=O)/C=C/c1ccc(S(=O)(=O)NC2CC2)cc1. The van der Waals surface area contributed by atoms with Crippen LogP contribution in [-0.4, -0.2) is 30.3 Å². The molecule has 0 unspecified atom stereocenters. The molecule has 4 rings (SSSR count). The number of rotatable bonds is 8. The highest BCUT2D eigenvalue weighted by Crippen LogP contribution is 2.24. The van der Waals surface area contributed by atoms with E-state index in [0.29, 0.717) is 17.0 Å². The number of ether oxygens (including phenoxy) is 1. The smallest absolute Gasteiger partial charge is 0.321 e. The Morgan fingerprint density at radius 2 is 1.81 bits per heavy atom. The first-order chi connectivity index (χ1) is 15.4. The van der Waals surface area contributed by atoms with Gasteiger partial charge in [0.25, 0.3) is 0 Å². The summed E-state index contributed by atoms with van der Waals surface area (Å²) in [5, 5.41) is 2.82. The minimum absolute atomic E-state index is 0.0547. The maximum Gasteiger partial charge on any atom is 0.321 e. The Hall–Kier alpha value is -3.56. The maximum atomic E-state index is 12.3. The first kappa shape index (κ1) is 21.7. The number of anilines is 1. The van der Waals surface area contributed by atoms with Crippen LogP contribution in [0.3, 0.4) is 0 Å². The summed E-state index contributed by atoms with van der Waals surface area (Å²) in [4.78, 5) is 20.6. The average Bonchev–Trinajstić information content (AvgIpc) is 3.58. The van der Waals surface area contributed by atoms with Crippen LogP contribution in [-0.2, 0) is 14.8 Å².